The van der Waals surface area contributed by atoms with Gasteiger partial charge in [-0.05, 0) is 18.6 Å². The van der Waals surface area contributed by atoms with Gasteiger partial charge < -0.3 is 9.26 Å². The van der Waals surface area contributed by atoms with Gasteiger partial charge in [0, 0.05) is 0 Å². The van der Waals surface area contributed by atoms with Gasteiger partial charge >= 0.3 is 11.9 Å². The van der Waals surface area contributed by atoms with Crippen molar-refractivity contribution in [1.29, 1.82) is 0 Å². The fourth-order valence-corrected chi connectivity index (χ4v) is 1.40. The normalized spacial score (nSPS) is 9.53. The van der Waals surface area contributed by atoms with Crippen LogP contribution in [-0.2, 0) is 9.26 Å². The summed E-state index contributed by atoms with van der Waals surface area (Å²) in [5.41, 5.74) is 1.12. The summed E-state index contributed by atoms with van der Waals surface area (Å²) in [7, 11) is 3.12. The molecule has 0 amide bonds. The van der Waals surface area contributed by atoms with E-state index in [1.165, 1.54) is 13.2 Å². The van der Waals surface area contributed by atoms with Crippen LogP contribution >= 0.6 is 9.47 Å². The van der Waals surface area contributed by atoms with Gasteiger partial charge in [0.2, 0.25) is 0 Å². The lowest BCUT2D eigenvalue weighted by Crippen LogP contribution is -2.12. The van der Waals surface area contributed by atoms with Crippen molar-refractivity contribution in [1.82, 2.24) is 0 Å². The zero-order chi connectivity index (χ0) is 11.4. The SMILES string of the molecule is COC(=O)c1c(C)cccc1C(=O)OP. The molecule has 1 atom stereocenters. The number of hydrogen-bond donors (Lipinski definition) is 0. The molecule has 1 aromatic rings. The van der Waals surface area contributed by atoms with Crippen molar-refractivity contribution in [3.8, 4) is 0 Å². The second kappa shape index (κ2) is 4.89. The summed E-state index contributed by atoms with van der Waals surface area (Å²) in [6, 6.07) is 4.93. The summed E-state index contributed by atoms with van der Waals surface area (Å²) < 4.78 is 9.10. The van der Waals surface area contributed by atoms with Gasteiger partial charge in [0.05, 0.1) is 27.7 Å². The Kier molecular flexibility index (Phi) is 3.81. The van der Waals surface area contributed by atoms with Gasteiger partial charge in [-0.15, -0.1) is 0 Å². The molecule has 0 saturated carbocycles. The van der Waals surface area contributed by atoms with Crippen molar-refractivity contribution in [3.63, 3.8) is 0 Å². The van der Waals surface area contributed by atoms with E-state index >= 15 is 0 Å². The smallest absolute Gasteiger partial charge is 0.341 e. The molecule has 0 fully saturated rings. The first-order valence-corrected chi connectivity index (χ1v) is 4.68. The molecule has 0 heterocycles. The summed E-state index contributed by atoms with van der Waals surface area (Å²) in [6.07, 6.45) is 0. The molecule has 0 aliphatic rings. The Hall–Kier alpha value is -1.41. The van der Waals surface area contributed by atoms with Gasteiger partial charge in [-0.3, -0.25) is 0 Å². The van der Waals surface area contributed by atoms with E-state index < -0.39 is 11.9 Å². The maximum atomic E-state index is 11.4. The van der Waals surface area contributed by atoms with Crippen molar-refractivity contribution < 1.29 is 18.8 Å². The number of benzene rings is 1. The van der Waals surface area contributed by atoms with Crippen LogP contribution in [0.15, 0.2) is 18.2 Å². The molecule has 5 heteroatoms. The van der Waals surface area contributed by atoms with Crippen molar-refractivity contribution in [3.05, 3.63) is 34.9 Å². The lowest BCUT2D eigenvalue weighted by atomic mass is 10.0. The van der Waals surface area contributed by atoms with E-state index in [9.17, 15) is 9.59 Å². The molecule has 0 saturated heterocycles. The lowest BCUT2D eigenvalue weighted by molar-refractivity contribution is 0.0589. The highest BCUT2D eigenvalue weighted by Crippen LogP contribution is 2.17. The monoisotopic (exact) mass is 226 g/mol. The van der Waals surface area contributed by atoms with E-state index in [-0.39, 0.29) is 11.1 Å². The average Bonchev–Trinajstić information content (AvgIpc) is 2.26. The van der Waals surface area contributed by atoms with E-state index in [1.54, 1.807) is 19.1 Å². The van der Waals surface area contributed by atoms with Crippen LogP contribution < -0.4 is 0 Å². The first kappa shape index (κ1) is 11.7. The van der Waals surface area contributed by atoms with Crippen molar-refractivity contribution in [2.45, 2.75) is 6.92 Å². The maximum absolute atomic E-state index is 11.4. The lowest BCUT2D eigenvalue weighted by Gasteiger charge is -2.08. The molecular weight excluding hydrogens is 215 g/mol. The molecule has 0 spiro atoms. The number of ether oxygens (including phenoxy) is 1. The molecular formula is C10H11O4P. The minimum atomic E-state index is -0.580. The Morgan fingerprint density at radius 2 is 1.93 bits per heavy atom. The highest BCUT2D eigenvalue weighted by molar-refractivity contribution is 7.10. The maximum Gasteiger partial charge on any atom is 0.341 e. The third-order valence-corrected chi connectivity index (χ3v) is 2.20. The zero-order valence-electron chi connectivity index (χ0n) is 8.44. The van der Waals surface area contributed by atoms with Crippen LogP contribution in [0.2, 0.25) is 0 Å². The molecule has 0 N–H and O–H groups in total. The molecule has 80 valence electrons. The number of methoxy groups -OCH3 is 1. The van der Waals surface area contributed by atoms with Crippen molar-refractivity contribution >= 4 is 21.4 Å². The summed E-state index contributed by atoms with van der Waals surface area (Å²) in [6.45, 7) is 1.73. The highest BCUT2D eigenvalue weighted by atomic mass is 31.0. The first-order valence-electron chi connectivity index (χ1n) is 4.20. The molecule has 0 aromatic heterocycles. The molecule has 1 aromatic carbocycles. The van der Waals surface area contributed by atoms with Crippen LogP contribution in [0.25, 0.3) is 0 Å². The Morgan fingerprint density at radius 3 is 2.47 bits per heavy atom. The number of carbonyl (C=O) groups is 2. The van der Waals surface area contributed by atoms with Gasteiger partial charge in [0.1, 0.15) is 0 Å². The molecule has 0 bridgehead atoms. The average molecular weight is 226 g/mol. The van der Waals surface area contributed by atoms with Crippen molar-refractivity contribution in [2.24, 2.45) is 0 Å². The summed E-state index contributed by atoms with van der Waals surface area (Å²) in [5.74, 6) is -1.12. The Bertz CT molecular complexity index is 400. The van der Waals surface area contributed by atoms with Crippen LogP contribution in [-0.4, -0.2) is 19.0 Å². The number of aryl methyl sites for hydroxylation is 1. The number of rotatable bonds is 2. The topological polar surface area (TPSA) is 52.6 Å². The van der Waals surface area contributed by atoms with E-state index in [1.807, 2.05) is 9.47 Å². The van der Waals surface area contributed by atoms with Crippen LogP contribution in [0.1, 0.15) is 26.3 Å². The zero-order valence-corrected chi connectivity index (χ0v) is 9.60. The Labute approximate surface area is 89.9 Å². The molecule has 0 aliphatic heterocycles. The first-order chi connectivity index (χ1) is 7.11. The van der Waals surface area contributed by atoms with Crippen LogP contribution in [0.4, 0.5) is 0 Å². The van der Waals surface area contributed by atoms with E-state index in [0.29, 0.717) is 5.56 Å². The quantitative estimate of drug-likeness (QED) is 0.569. The highest BCUT2D eigenvalue weighted by Gasteiger charge is 2.19. The fourth-order valence-electron chi connectivity index (χ4n) is 1.27. The third-order valence-electron chi connectivity index (χ3n) is 1.99. The van der Waals surface area contributed by atoms with E-state index in [2.05, 4.69) is 9.26 Å². The summed E-state index contributed by atoms with van der Waals surface area (Å²) in [4.78, 5) is 22.8. The predicted octanol–water partition coefficient (Wildman–Crippen LogP) is 1.73. The van der Waals surface area contributed by atoms with Gasteiger partial charge in [0.25, 0.3) is 0 Å². The van der Waals surface area contributed by atoms with Crippen molar-refractivity contribution in [2.75, 3.05) is 7.11 Å². The molecule has 1 unspecified atom stereocenters. The fraction of sp³-hybridized carbons (Fsp3) is 0.200. The molecule has 15 heavy (non-hydrogen) atoms. The molecule has 0 radical (unpaired) electrons. The minimum absolute atomic E-state index is 0.205. The number of hydrogen-bond acceptors (Lipinski definition) is 4. The number of esters is 1. The third kappa shape index (κ3) is 2.34. The van der Waals surface area contributed by atoms with Gasteiger partial charge in [-0.2, -0.15) is 0 Å². The minimum Gasteiger partial charge on any atom is -0.465 e. The van der Waals surface area contributed by atoms with Gasteiger partial charge in [-0.1, -0.05) is 12.1 Å². The summed E-state index contributed by atoms with van der Waals surface area (Å²) in [5, 5.41) is 0. The van der Waals surface area contributed by atoms with E-state index in [4.69, 9.17) is 0 Å². The molecule has 4 nitrogen and oxygen atoms in total. The van der Waals surface area contributed by atoms with Gasteiger partial charge in [0.15, 0.2) is 0 Å². The van der Waals surface area contributed by atoms with E-state index in [0.717, 1.165) is 0 Å². The Balaban J connectivity index is 3.32. The second-order valence-corrected chi connectivity index (χ2v) is 3.13. The molecule has 1 rings (SSSR count). The van der Waals surface area contributed by atoms with Crippen LogP contribution in [0, 0.1) is 6.92 Å². The van der Waals surface area contributed by atoms with Gasteiger partial charge in [-0.25, -0.2) is 9.59 Å². The van der Waals surface area contributed by atoms with Crippen LogP contribution in [0.5, 0.6) is 0 Å². The standard InChI is InChI=1S/C10H11O4P/c1-6-4-3-5-7(9(11)14-15)8(6)10(12)13-2/h3-5H,15H2,1-2H3. The summed E-state index contributed by atoms with van der Waals surface area (Å²) >= 11 is 0. The number of carbonyl (C=O) groups excluding carboxylic acids is 2. The Morgan fingerprint density at radius 1 is 1.27 bits per heavy atom. The predicted molar refractivity (Wildman–Crippen MR) is 57.6 cm³/mol. The molecule has 0 aliphatic carbocycles. The van der Waals surface area contributed by atoms with Crippen LogP contribution in [0.3, 0.4) is 0 Å². The second-order valence-electron chi connectivity index (χ2n) is 2.89. The largest absolute Gasteiger partial charge is 0.465 e.